The van der Waals surface area contributed by atoms with E-state index in [2.05, 4.69) is 34.1 Å². The molecule has 2 aromatic rings. The molecular weight excluding hydrogens is 306 g/mol. The zero-order valence-electron chi connectivity index (χ0n) is 13.1. The van der Waals surface area contributed by atoms with E-state index < -0.39 is 0 Å². The first kappa shape index (κ1) is 14.8. The molecule has 0 spiro atoms. The molecule has 1 fully saturated rings. The maximum Gasteiger partial charge on any atom is 0.274 e. The lowest BCUT2D eigenvalue weighted by molar-refractivity contribution is 0.0652. The normalized spacial score (nSPS) is 19.6. The van der Waals surface area contributed by atoms with Crippen molar-refractivity contribution in [1.29, 1.82) is 0 Å². The molecule has 0 saturated heterocycles. The van der Waals surface area contributed by atoms with Crippen molar-refractivity contribution in [2.24, 2.45) is 5.73 Å². The minimum atomic E-state index is 0.0914. The van der Waals surface area contributed by atoms with E-state index in [4.69, 9.17) is 5.73 Å². The second kappa shape index (κ2) is 6.06. The van der Waals surface area contributed by atoms with Gasteiger partial charge >= 0.3 is 0 Å². The second-order valence-corrected chi connectivity index (χ2v) is 7.30. The van der Waals surface area contributed by atoms with Crippen molar-refractivity contribution in [2.75, 3.05) is 6.54 Å². The van der Waals surface area contributed by atoms with E-state index in [1.165, 1.54) is 11.1 Å². The Bertz CT molecular complexity index is 723. The summed E-state index contributed by atoms with van der Waals surface area (Å²) in [4.78, 5) is 19.7. The van der Waals surface area contributed by atoms with Gasteiger partial charge in [-0.25, -0.2) is 4.98 Å². The van der Waals surface area contributed by atoms with E-state index in [1.807, 2.05) is 5.38 Å². The highest BCUT2D eigenvalue weighted by molar-refractivity contribution is 7.09. The summed E-state index contributed by atoms with van der Waals surface area (Å²) in [5.74, 6) is 0.0914. The molecule has 1 heterocycles. The lowest BCUT2D eigenvalue weighted by atomic mass is 10.1. The van der Waals surface area contributed by atoms with E-state index in [9.17, 15) is 4.79 Å². The van der Waals surface area contributed by atoms with Crippen LogP contribution in [0.4, 0.5) is 0 Å². The van der Waals surface area contributed by atoms with Crippen LogP contribution in [0.25, 0.3) is 0 Å². The number of aromatic nitrogens is 1. The number of hydrogen-bond acceptors (Lipinski definition) is 4. The predicted molar refractivity (Wildman–Crippen MR) is 91.6 cm³/mol. The quantitative estimate of drug-likeness (QED) is 0.918. The van der Waals surface area contributed by atoms with Gasteiger partial charge in [0.05, 0.1) is 11.0 Å². The van der Waals surface area contributed by atoms with Crippen LogP contribution in [0.2, 0.25) is 0 Å². The minimum Gasteiger partial charge on any atom is -0.330 e. The molecule has 23 heavy (non-hydrogen) atoms. The maximum atomic E-state index is 13.1. The Morgan fingerprint density at radius 1 is 1.30 bits per heavy atom. The number of hydrogen-bond donors (Lipinski definition) is 1. The fourth-order valence-corrected chi connectivity index (χ4v) is 4.31. The number of benzene rings is 1. The number of rotatable bonds is 5. The van der Waals surface area contributed by atoms with E-state index in [1.54, 1.807) is 11.3 Å². The molecule has 1 aromatic heterocycles. The molecule has 1 saturated carbocycles. The SMILES string of the molecule is NCCc1nc(C(=O)N(C2CC2)C2CCc3ccccc32)cs1. The van der Waals surface area contributed by atoms with Crippen molar-refractivity contribution in [3.8, 4) is 0 Å². The number of amides is 1. The average Bonchev–Trinajstić information content (AvgIpc) is 3.13. The van der Waals surface area contributed by atoms with Gasteiger partial charge in [0.25, 0.3) is 5.91 Å². The van der Waals surface area contributed by atoms with Crippen molar-refractivity contribution in [2.45, 2.75) is 44.2 Å². The summed E-state index contributed by atoms with van der Waals surface area (Å²) in [6.45, 7) is 0.573. The van der Waals surface area contributed by atoms with Crippen LogP contribution in [0.15, 0.2) is 29.6 Å². The Hall–Kier alpha value is -1.72. The van der Waals surface area contributed by atoms with Gasteiger partial charge in [-0.1, -0.05) is 24.3 Å². The van der Waals surface area contributed by atoms with Crippen molar-refractivity contribution >= 4 is 17.2 Å². The van der Waals surface area contributed by atoms with Gasteiger partial charge in [0.2, 0.25) is 0 Å². The number of fused-ring (bicyclic) bond motifs is 1. The first-order valence-corrected chi connectivity index (χ1v) is 9.21. The Morgan fingerprint density at radius 3 is 2.91 bits per heavy atom. The Balaban J connectivity index is 1.62. The lowest BCUT2D eigenvalue weighted by Crippen LogP contribution is -2.36. The molecule has 4 rings (SSSR count). The third kappa shape index (κ3) is 2.79. The summed E-state index contributed by atoms with van der Waals surface area (Å²) >= 11 is 1.54. The number of aryl methyl sites for hydroxylation is 1. The third-order valence-corrected chi connectivity index (χ3v) is 5.65. The number of carbonyl (C=O) groups is 1. The molecule has 1 aromatic carbocycles. The Labute approximate surface area is 140 Å². The van der Waals surface area contributed by atoms with Gasteiger partial charge in [-0.05, 0) is 43.4 Å². The van der Waals surface area contributed by atoms with Gasteiger partial charge in [-0.15, -0.1) is 11.3 Å². The molecule has 4 nitrogen and oxygen atoms in total. The summed E-state index contributed by atoms with van der Waals surface area (Å²) in [6, 6.07) is 9.13. The zero-order chi connectivity index (χ0) is 15.8. The van der Waals surface area contributed by atoms with E-state index in [-0.39, 0.29) is 11.9 Å². The van der Waals surface area contributed by atoms with Gasteiger partial charge in [0, 0.05) is 17.8 Å². The zero-order valence-corrected chi connectivity index (χ0v) is 13.9. The van der Waals surface area contributed by atoms with Gasteiger partial charge in [0.1, 0.15) is 5.69 Å². The second-order valence-electron chi connectivity index (χ2n) is 6.36. The molecule has 2 N–H and O–H groups in total. The third-order valence-electron chi connectivity index (χ3n) is 4.74. The molecule has 0 radical (unpaired) electrons. The van der Waals surface area contributed by atoms with E-state index in [0.717, 1.165) is 37.1 Å². The summed E-state index contributed by atoms with van der Waals surface area (Å²) in [5.41, 5.74) is 8.89. The maximum absolute atomic E-state index is 13.1. The highest BCUT2D eigenvalue weighted by Gasteiger charge is 2.41. The lowest BCUT2D eigenvalue weighted by Gasteiger charge is -2.29. The van der Waals surface area contributed by atoms with Crippen molar-refractivity contribution in [3.63, 3.8) is 0 Å². The monoisotopic (exact) mass is 327 g/mol. The molecule has 2 aliphatic rings. The van der Waals surface area contributed by atoms with Gasteiger partial charge < -0.3 is 10.6 Å². The number of nitrogens with zero attached hydrogens (tertiary/aromatic N) is 2. The summed E-state index contributed by atoms with van der Waals surface area (Å²) in [7, 11) is 0. The molecule has 5 heteroatoms. The van der Waals surface area contributed by atoms with Crippen LogP contribution >= 0.6 is 11.3 Å². The number of thiazole rings is 1. The molecule has 1 atom stereocenters. The summed E-state index contributed by atoms with van der Waals surface area (Å²) in [5, 5.41) is 2.85. The van der Waals surface area contributed by atoms with Gasteiger partial charge in [-0.3, -0.25) is 4.79 Å². The average molecular weight is 327 g/mol. The fraction of sp³-hybridized carbons (Fsp3) is 0.444. The molecule has 0 bridgehead atoms. The van der Waals surface area contributed by atoms with Crippen LogP contribution < -0.4 is 5.73 Å². The van der Waals surface area contributed by atoms with Crippen molar-refractivity contribution < 1.29 is 4.79 Å². The molecular formula is C18H21N3OS. The van der Waals surface area contributed by atoms with E-state index in [0.29, 0.717) is 18.3 Å². The largest absolute Gasteiger partial charge is 0.330 e. The van der Waals surface area contributed by atoms with Crippen LogP contribution in [0.1, 0.15) is 51.9 Å². The first-order chi connectivity index (χ1) is 11.3. The Morgan fingerprint density at radius 2 is 2.13 bits per heavy atom. The van der Waals surface area contributed by atoms with Crippen LogP contribution in [0.5, 0.6) is 0 Å². The van der Waals surface area contributed by atoms with Crippen LogP contribution in [0.3, 0.4) is 0 Å². The summed E-state index contributed by atoms with van der Waals surface area (Å²) in [6.07, 6.45) is 5.07. The van der Waals surface area contributed by atoms with Crippen LogP contribution in [0, 0.1) is 0 Å². The summed E-state index contributed by atoms with van der Waals surface area (Å²) < 4.78 is 0. The predicted octanol–water partition coefficient (Wildman–Crippen LogP) is 2.94. The van der Waals surface area contributed by atoms with Gasteiger partial charge in [0.15, 0.2) is 0 Å². The molecule has 1 unspecified atom stereocenters. The number of carbonyl (C=O) groups excluding carboxylic acids is 1. The topological polar surface area (TPSA) is 59.2 Å². The minimum absolute atomic E-state index is 0.0914. The first-order valence-electron chi connectivity index (χ1n) is 8.33. The molecule has 120 valence electrons. The van der Waals surface area contributed by atoms with Gasteiger partial charge in [-0.2, -0.15) is 0 Å². The van der Waals surface area contributed by atoms with E-state index >= 15 is 0 Å². The molecule has 1 amide bonds. The molecule has 2 aliphatic carbocycles. The standard InChI is InChI=1S/C18H21N3OS/c19-10-9-17-20-15(11-23-17)18(22)21(13-6-7-13)16-8-5-12-3-1-2-4-14(12)16/h1-4,11,13,16H,5-10,19H2. The van der Waals surface area contributed by atoms with Crippen molar-refractivity contribution in [1.82, 2.24) is 9.88 Å². The number of nitrogens with two attached hydrogens (primary N) is 1. The Kier molecular flexibility index (Phi) is 3.91. The smallest absolute Gasteiger partial charge is 0.274 e. The highest BCUT2D eigenvalue weighted by atomic mass is 32.1. The van der Waals surface area contributed by atoms with Crippen LogP contribution in [-0.4, -0.2) is 28.4 Å². The van der Waals surface area contributed by atoms with Crippen LogP contribution in [-0.2, 0) is 12.8 Å². The molecule has 0 aliphatic heterocycles. The fourth-order valence-electron chi connectivity index (χ4n) is 3.52. The highest BCUT2D eigenvalue weighted by Crippen LogP contribution is 2.42. The van der Waals surface area contributed by atoms with Crippen molar-refractivity contribution in [3.05, 3.63) is 51.5 Å².